The molecule has 1 aliphatic rings. The molecule has 0 unspecified atom stereocenters. The first-order chi connectivity index (χ1) is 10.2. The molecule has 0 aliphatic carbocycles. The molecule has 0 radical (unpaired) electrons. The first-order valence-corrected chi connectivity index (χ1v) is 8.02. The number of fused-ring (bicyclic) bond motifs is 1. The Balaban J connectivity index is 1.80. The Morgan fingerprint density at radius 3 is 2.71 bits per heavy atom. The largest absolute Gasteiger partial charge is 0.398 e. The normalized spacial score (nSPS) is 18.4. The minimum absolute atomic E-state index is 0.516. The average Bonchev–Trinajstić information content (AvgIpc) is 2.91. The van der Waals surface area contributed by atoms with Crippen molar-refractivity contribution in [3.63, 3.8) is 0 Å². The number of nitrogens with two attached hydrogens (primary N) is 1. The van der Waals surface area contributed by atoms with Crippen LogP contribution in [0.25, 0.3) is 10.9 Å². The quantitative estimate of drug-likeness (QED) is 0.927. The van der Waals surface area contributed by atoms with Gasteiger partial charge in [-0.25, -0.2) is 0 Å². The summed E-state index contributed by atoms with van der Waals surface area (Å²) >= 11 is 0. The molecule has 3 heteroatoms. The lowest BCUT2D eigenvalue weighted by molar-refractivity contribution is 0.235. The highest BCUT2D eigenvalue weighted by molar-refractivity contribution is 5.90. The smallest absolute Gasteiger partial charge is 0.0726 e. The van der Waals surface area contributed by atoms with Crippen LogP contribution in [0, 0.1) is 5.41 Å². The predicted octanol–water partition coefficient (Wildman–Crippen LogP) is 3.83. The predicted molar refractivity (Wildman–Crippen MR) is 89.1 cm³/mol. The molecule has 1 aromatic heterocycles. The lowest BCUT2D eigenvalue weighted by Crippen LogP contribution is -2.26. The fourth-order valence-corrected chi connectivity index (χ4v) is 3.56. The van der Waals surface area contributed by atoms with E-state index in [2.05, 4.69) is 18.7 Å². The standard InChI is InChI=1S/C18H25N3/c1-3-18(4-2)9-10-21(13-18)12-14-11-16(19)15-7-5-6-8-17(15)20-14/h5-8,11H,3-4,9-10,12-13H2,1-2H3,(H2,19,20). The van der Waals surface area contributed by atoms with Gasteiger partial charge < -0.3 is 5.73 Å². The van der Waals surface area contributed by atoms with Gasteiger partial charge in [-0.2, -0.15) is 0 Å². The molecule has 0 saturated carbocycles. The number of hydrogen-bond donors (Lipinski definition) is 1. The lowest BCUT2D eigenvalue weighted by Gasteiger charge is -2.26. The van der Waals surface area contributed by atoms with Crippen LogP contribution in [-0.2, 0) is 6.54 Å². The zero-order chi connectivity index (χ0) is 14.9. The van der Waals surface area contributed by atoms with Gasteiger partial charge in [-0.1, -0.05) is 32.0 Å². The van der Waals surface area contributed by atoms with Crippen molar-refractivity contribution in [1.82, 2.24) is 9.88 Å². The molecule has 2 heterocycles. The first-order valence-electron chi connectivity index (χ1n) is 8.02. The van der Waals surface area contributed by atoms with E-state index in [1.165, 1.54) is 32.4 Å². The van der Waals surface area contributed by atoms with Gasteiger partial charge in [0.15, 0.2) is 0 Å². The monoisotopic (exact) mass is 283 g/mol. The van der Waals surface area contributed by atoms with Crippen LogP contribution in [0.3, 0.4) is 0 Å². The fourth-order valence-electron chi connectivity index (χ4n) is 3.56. The maximum absolute atomic E-state index is 6.18. The molecule has 3 nitrogen and oxygen atoms in total. The molecule has 0 atom stereocenters. The molecule has 112 valence electrons. The number of para-hydroxylation sites is 1. The highest BCUT2D eigenvalue weighted by Gasteiger charge is 2.34. The van der Waals surface area contributed by atoms with Crippen LogP contribution in [0.2, 0.25) is 0 Å². The van der Waals surface area contributed by atoms with E-state index in [0.717, 1.165) is 28.8 Å². The van der Waals surface area contributed by atoms with Crippen molar-refractivity contribution in [3.05, 3.63) is 36.0 Å². The third kappa shape index (κ3) is 2.75. The minimum Gasteiger partial charge on any atom is -0.398 e. The van der Waals surface area contributed by atoms with E-state index in [9.17, 15) is 0 Å². The SMILES string of the molecule is CCC1(CC)CCN(Cc2cc(N)c3ccccc3n2)C1. The van der Waals surface area contributed by atoms with Crippen molar-refractivity contribution in [2.24, 2.45) is 5.41 Å². The molecule has 1 fully saturated rings. The number of nitrogen functional groups attached to an aromatic ring is 1. The van der Waals surface area contributed by atoms with E-state index >= 15 is 0 Å². The van der Waals surface area contributed by atoms with Crippen LogP contribution < -0.4 is 5.73 Å². The molecule has 1 saturated heterocycles. The second-order valence-corrected chi connectivity index (χ2v) is 6.39. The van der Waals surface area contributed by atoms with Gasteiger partial charge in [0.2, 0.25) is 0 Å². The lowest BCUT2D eigenvalue weighted by atomic mass is 9.82. The molecule has 1 aliphatic heterocycles. The summed E-state index contributed by atoms with van der Waals surface area (Å²) in [5.41, 5.74) is 9.63. The molecular weight excluding hydrogens is 258 g/mol. The van der Waals surface area contributed by atoms with Gasteiger partial charge in [0.25, 0.3) is 0 Å². The average molecular weight is 283 g/mol. The third-order valence-electron chi connectivity index (χ3n) is 5.20. The Morgan fingerprint density at radius 2 is 2.00 bits per heavy atom. The Bertz CT molecular complexity index is 631. The molecule has 0 spiro atoms. The number of rotatable bonds is 4. The second kappa shape index (κ2) is 5.64. The maximum Gasteiger partial charge on any atom is 0.0726 e. The van der Waals surface area contributed by atoms with E-state index in [-0.39, 0.29) is 0 Å². The zero-order valence-electron chi connectivity index (χ0n) is 13.1. The molecule has 0 amide bonds. The van der Waals surface area contributed by atoms with Gasteiger partial charge in [0, 0.05) is 24.2 Å². The molecule has 1 aromatic carbocycles. The number of benzene rings is 1. The molecular formula is C18H25N3. The number of hydrogen-bond acceptors (Lipinski definition) is 3. The number of likely N-dealkylation sites (tertiary alicyclic amines) is 1. The molecule has 3 rings (SSSR count). The molecule has 2 N–H and O–H groups in total. The van der Waals surface area contributed by atoms with Gasteiger partial charge in [0.1, 0.15) is 0 Å². The van der Waals surface area contributed by atoms with E-state index in [1.807, 2.05) is 30.3 Å². The van der Waals surface area contributed by atoms with Crippen LogP contribution >= 0.6 is 0 Å². The van der Waals surface area contributed by atoms with Crippen LogP contribution in [0.15, 0.2) is 30.3 Å². The highest BCUT2D eigenvalue weighted by Crippen LogP contribution is 2.37. The van der Waals surface area contributed by atoms with Crippen molar-refractivity contribution in [1.29, 1.82) is 0 Å². The fraction of sp³-hybridized carbons (Fsp3) is 0.500. The van der Waals surface area contributed by atoms with Crippen LogP contribution in [0.5, 0.6) is 0 Å². The summed E-state index contributed by atoms with van der Waals surface area (Å²) in [6.45, 7) is 7.92. The van der Waals surface area contributed by atoms with Crippen molar-refractivity contribution in [2.75, 3.05) is 18.8 Å². The summed E-state index contributed by atoms with van der Waals surface area (Å²) in [5, 5.41) is 1.05. The Morgan fingerprint density at radius 1 is 1.24 bits per heavy atom. The summed E-state index contributed by atoms with van der Waals surface area (Å²) in [6.07, 6.45) is 3.85. The topological polar surface area (TPSA) is 42.1 Å². The summed E-state index contributed by atoms with van der Waals surface area (Å²) < 4.78 is 0. The van der Waals surface area contributed by atoms with Crippen LogP contribution in [-0.4, -0.2) is 23.0 Å². The first kappa shape index (κ1) is 14.3. The number of pyridine rings is 1. The van der Waals surface area contributed by atoms with E-state index in [4.69, 9.17) is 10.7 Å². The van der Waals surface area contributed by atoms with Crippen molar-refractivity contribution in [3.8, 4) is 0 Å². The molecule has 21 heavy (non-hydrogen) atoms. The van der Waals surface area contributed by atoms with Gasteiger partial charge in [-0.15, -0.1) is 0 Å². The third-order valence-corrected chi connectivity index (χ3v) is 5.20. The van der Waals surface area contributed by atoms with E-state index in [0.29, 0.717) is 5.41 Å². The molecule has 2 aromatic rings. The minimum atomic E-state index is 0.516. The van der Waals surface area contributed by atoms with E-state index < -0.39 is 0 Å². The maximum atomic E-state index is 6.18. The zero-order valence-corrected chi connectivity index (χ0v) is 13.1. The van der Waals surface area contributed by atoms with Crippen molar-refractivity contribution >= 4 is 16.6 Å². The van der Waals surface area contributed by atoms with Crippen molar-refractivity contribution < 1.29 is 0 Å². The Kier molecular flexibility index (Phi) is 3.85. The Labute approximate surface area is 127 Å². The summed E-state index contributed by atoms with van der Waals surface area (Å²) in [4.78, 5) is 7.31. The van der Waals surface area contributed by atoms with Crippen molar-refractivity contribution in [2.45, 2.75) is 39.7 Å². The van der Waals surface area contributed by atoms with Gasteiger partial charge >= 0.3 is 0 Å². The van der Waals surface area contributed by atoms with Gasteiger partial charge in [-0.3, -0.25) is 9.88 Å². The summed E-state index contributed by atoms with van der Waals surface area (Å²) in [7, 11) is 0. The Hall–Kier alpha value is -1.61. The summed E-state index contributed by atoms with van der Waals surface area (Å²) in [6, 6.07) is 10.2. The van der Waals surface area contributed by atoms with Gasteiger partial charge in [0.05, 0.1) is 11.2 Å². The number of anilines is 1. The van der Waals surface area contributed by atoms with Gasteiger partial charge in [-0.05, 0) is 43.4 Å². The van der Waals surface area contributed by atoms with Crippen LogP contribution in [0.4, 0.5) is 5.69 Å². The molecule has 0 bridgehead atoms. The highest BCUT2D eigenvalue weighted by atomic mass is 15.2. The number of aromatic nitrogens is 1. The van der Waals surface area contributed by atoms with Crippen LogP contribution in [0.1, 0.15) is 38.8 Å². The second-order valence-electron chi connectivity index (χ2n) is 6.39. The summed E-state index contributed by atoms with van der Waals surface area (Å²) in [5.74, 6) is 0. The number of nitrogens with zero attached hydrogens (tertiary/aromatic N) is 2. The van der Waals surface area contributed by atoms with E-state index in [1.54, 1.807) is 0 Å².